The molecule has 4 heterocycles. The number of fused-ring (bicyclic) bond motifs is 2. The molecule has 0 radical (unpaired) electrons. The van der Waals surface area contributed by atoms with Crippen LogP contribution in [-0.4, -0.2) is 25.7 Å². The predicted molar refractivity (Wildman–Crippen MR) is 128 cm³/mol. The molecule has 5 rings (SSSR count). The van der Waals surface area contributed by atoms with E-state index in [2.05, 4.69) is 15.1 Å². The van der Waals surface area contributed by atoms with Crippen molar-refractivity contribution in [2.45, 2.75) is 27.4 Å². The van der Waals surface area contributed by atoms with Crippen molar-refractivity contribution in [2.24, 2.45) is 7.05 Å². The summed E-state index contributed by atoms with van der Waals surface area (Å²) in [5, 5.41) is 5.85. The highest BCUT2D eigenvalue weighted by Gasteiger charge is 2.19. The number of rotatable bonds is 4. The summed E-state index contributed by atoms with van der Waals surface area (Å²) in [6, 6.07) is 9.88. The lowest BCUT2D eigenvalue weighted by Gasteiger charge is -2.04. The summed E-state index contributed by atoms with van der Waals surface area (Å²) in [5.41, 5.74) is 3.68. The van der Waals surface area contributed by atoms with Crippen LogP contribution >= 0.6 is 22.7 Å². The number of nitrogens with zero attached hydrogens (tertiary/aromatic N) is 3. The number of hydrogen-bond donors (Lipinski definition) is 1. The molecule has 1 aromatic carbocycles. The van der Waals surface area contributed by atoms with Gasteiger partial charge in [-0.15, -0.1) is 22.7 Å². The highest BCUT2D eigenvalue weighted by molar-refractivity contribution is 7.20. The Labute approximate surface area is 191 Å². The van der Waals surface area contributed by atoms with Crippen LogP contribution in [0.1, 0.15) is 31.6 Å². The van der Waals surface area contributed by atoms with Gasteiger partial charge >= 0.3 is 5.97 Å². The van der Waals surface area contributed by atoms with Crippen molar-refractivity contribution in [1.29, 1.82) is 0 Å². The summed E-state index contributed by atoms with van der Waals surface area (Å²) >= 11 is 2.80. The molecular weight excluding hydrogens is 444 g/mol. The fourth-order valence-corrected chi connectivity index (χ4v) is 5.89. The van der Waals surface area contributed by atoms with Crippen molar-refractivity contribution in [1.82, 2.24) is 19.7 Å². The molecular formula is C23H20N4O3S2. The van der Waals surface area contributed by atoms with E-state index < -0.39 is 5.97 Å². The third-order valence-electron chi connectivity index (χ3n) is 5.36. The Kier molecular flexibility index (Phi) is 4.94. The number of H-pyrrole nitrogens is 1. The summed E-state index contributed by atoms with van der Waals surface area (Å²) in [4.78, 5) is 35.9. The van der Waals surface area contributed by atoms with Crippen LogP contribution in [-0.2, 0) is 18.4 Å². The second kappa shape index (κ2) is 7.68. The Balaban J connectivity index is 1.42. The lowest BCUT2D eigenvalue weighted by Crippen LogP contribution is -2.14. The molecule has 0 fully saturated rings. The Morgan fingerprint density at radius 3 is 2.62 bits per heavy atom. The molecule has 0 aliphatic heterocycles. The van der Waals surface area contributed by atoms with Crippen molar-refractivity contribution in [2.75, 3.05) is 0 Å². The van der Waals surface area contributed by atoms with Gasteiger partial charge in [0.05, 0.1) is 11.1 Å². The number of esters is 1. The van der Waals surface area contributed by atoms with Gasteiger partial charge in [-0.05, 0) is 32.4 Å². The van der Waals surface area contributed by atoms with E-state index in [1.54, 1.807) is 10.7 Å². The predicted octanol–water partition coefficient (Wildman–Crippen LogP) is 4.88. The monoisotopic (exact) mass is 464 g/mol. The van der Waals surface area contributed by atoms with E-state index in [9.17, 15) is 9.59 Å². The average Bonchev–Trinajstić information content (AvgIpc) is 3.41. The molecule has 0 amide bonds. The third-order valence-corrected chi connectivity index (χ3v) is 7.55. The van der Waals surface area contributed by atoms with Gasteiger partial charge in [-0.2, -0.15) is 5.10 Å². The molecule has 0 aliphatic carbocycles. The largest absolute Gasteiger partial charge is 0.453 e. The first-order valence-electron chi connectivity index (χ1n) is 10.0. The maximum absolute atomic E-state index is 12.9. The summed E-state index contributed by atoms with van der Waals surface area (Å²) in [5.74, 6) is -0.123. The number of hydrogen-bond acceptors (Lipinski definition) is 7. The zero-order chi connectivity index (χ0) is 22.6. The zero-order valence-corrected chi connectivity index (χ0v) is 19.6. The van der Waals surface area contributed by atoms with E-state index in [0.29, 0.717) is 20.9 Å². The number of thiophene rings is 2. The molecule has 4 aromatic heterocycles. The fraction of sp³-hybridized carbons (Fsp3) is 0.217. The molecule has 0 bridgehead atoms. The van der Waals surface area contributed by atoms with E-state index in [1.807, 2.05) is 52.1 Å². The van der Waals surface area contributed by atoms with Crippen molar-refractivity contribution < 1.29 is 9.53 Å². The van der Waals surface area contributed by atoms with Crippen molar-refractivity contribution in [3.8, 4) is 11.1 Å². The van der Waals surface area contributed by atoms with Gasteiger partial charge in [-0.1, -0.05) is 29.8 Å². The number of aryl methyl sites for hydroxylation is 4. The molecule has 0 aliphatic rings. The van der Waals surface area contributed by atoms with Crippen LogP contribution in [0.3, 0.4) is 0 Å². The summed E-state index contributed by atoms with van der Waals surface area (Å²) < 4.78 is 7.20. The summed E-state index contributed by atoms with van der Waals surface area (Å²) in [6.45, 7) is 5.81. The number of aromatic amines is 1. The number of carbonyl (C=O) groups is 1. The molecule has 9 heteroatoms. The minimum atomic E-state index is -0.448. The smallest absolute Gasteiger partial charge is 0.348 e. The van der Waals surface area contributed by atoms with Crippen LogP contribution in [0.2, 0.25) is 0 Å². The van der Waals surface area contributed by atoms with Gasteiger partial charge in [0, 0.05) is 22.9 Å². The normalized spacial score (nSPS) is 11.5. The molecule has 7 nitrogen and oxygen atoms in total. The maximum atomic E-state index is 12.9. The lowest BCUT2D eigenvalue weighted by molar-refractivity contribution is 0.0468. The van der Waals surface area contributed by atoms with Gasteiger partial charge in [-0.25, -0.2) is 9.78 Å². The summed E-state index contributed by atoms with van der Waals surface area (Å²) in [7, 11) is 1.85. The maximum Gasteiger partial charge on any atom is 0.348 e. The molecule has 1 N–H and O–H groups in total. The SMILES string of the molecule is Cc1ccc(-c2c(C)sc3nc(COC(=O)c4cc5c(C)nn(C)c5s4)[nH]c(=O)c23)cc1. The van der Waals surface area contributed by atoms with Crippen LogP contribution in [0.25, 0.3) is 31.6 Å². The first-order chi connectivity index (χ1) is 15.3. The van der Waals surface area contributed by atoms with Crippen LogP contribution in [0, 0.1) is 20.8 Å². The van der Waals surface area contributed by atoms with Crippen LogP contribution in [0.5, 0.6) is 0 Å². The molecule has 0 saturated carbocycles. The van der Waals surface area contributed by atoms with Crippen molar-refractivity contribution >= 4 is 49.1 Å². The summed E-state index contributed by atoms with van der Waals surface area (Å²) in [6.07, 6.45) is 0. The standard InChI is InChI=1S/C23H20N4O3S2/c1-11-5-7-14(8-6-11)18-13(3)31-21-19(18)20(28)24-17(25-21)10-30-23(29)16-9-15-12(2)26-27(4)22(15)32-16/h5-9H,10H2,1-4H3,(H,24,25,28). The topological polar surface area (TPSA) is 89.9 Å². The first kappa shape index (κ1) is 20.6. The Morgan fingerprint density at radius 2 is 1.91 bits per heavy atom. The van der Waals surface area contributed by atoms with E-state index in [0.717, 1.165) is 37.5 Å². The van der Waals surface area contributed by atoms with Gasteiger partial charge in [0.25, 0.3) is 5.56 Å². The average molecular weight is 465 g/mol. The highest BCUT2D eigenvalue weighted by Crippen LogP contribution is 2.35. The molecule has 5 aromatic rings. The molecule has 32 heavy (non-hydrogen) atoms. The van der Waals surface area contributed by atoms with Gasteiger partial charge in [0.15, 0.2) is 0 Å². The van der Waals surface area contributed by atoms with Gasteiger partial charge in [0.1, 0.15) is 27.0 Å². The van der Waals surface area contributed by atoms with E-state index in [4.69, 9.17) is 4.74 Å². The first-order valence-corrected chi connectivity index (χ1v) is 11.6. The van der Waals surface area contributed by atoms with Crippen molar-refractivity contribution in [3.63, 3.8) is 0 Å². The minimum Gasteiger partial charge on any atom is -0.453 e. The lowest BCUT2D eigenvalue weighted by atomic mass is 10.0. The molecule has 162 valence electrons. The van der Waals surface area contributed by atoms with Crippen LogP contribution in [0.15, 0.2) is 35.1 Å². The van der Waals surface area contributed by atoms with Crippen molar-refractivity contribution in [3.05, 3.63) is 67.5 Å². The fourth-order valence-electron chi connectivity index (χ4n) is 3.81. The third kappa shape index (κ3) is 3.43. The molecule has 0 unspecified atom stereocenters. The van der Waals surface area contributed by atoms with Gasteiger partial charge in [0.2, 0.25) is 0 Å². The molecule has 0 saturated heterocycles. The second-order valence-electron chi connectivity index (χ2n) is 7.71. The van der Waals surface area contributed by atoms with Gasteiger partial charge < -0.3 is 9.72 Å². The Bertz CT molecular complexity index is 1520. The quantitative estimate of drug-likeness (QED) is 0.383. The number of nitrogens with one attached hydrogen (secondary N) is 1. The number of ether oxygens (including phenoxy) is 1. The minimum absolute atomic E-state index is 0.105. The van der Waals surface area contributed by atoms with Gasteiger partial charge in [-0.3, -0.25) is 9.48 Å². The number of benzene rings is 1. The van der Waals surface area contributed by atoms with E-state index in [-0.39, 0.29) is 12.2 Å². The number of aromatic nitrogens is 4. The highest BCUT2D eigenvalue weighted by atomic mass is 32.1. The molecule has 0 spiro atoms. The van der Waals surface area contributed by atoms with E-state index >= 15 is 0 Å². The van der Waals surface area contributed by atoms with Crippen LogP contribution < -0.4 is 5.56 Å². The Hall–Kier alpha value is -3.30. The number of carbonyl (C=O) groups excluding carboxylic acids is 1. The van der Waals surface area contributed by atoms with E-state index in [1.165, 1.54) is 22.7 Å². The van der Waals surface area contributed by atoms with Crippen LogP contribution in [0.4, 0.5) is 0 Å². The zero-order valence-electron chi connectivity index (χ0n) is 18.0. The second-order valence-corrected chi connectivity index (χ2v) is 9.94. The molecule has 0 atom stereocenters. The Morgan fingerprint density at radius 1 is 1.16 bits per heavy atom.